The highest BCUT2D eigenvalue weighted by Gasteiger charge is 2.17. The fraction of sp³-hybridized carbons (Fsp3) is 0.0769. The molecular weight excluding hydrogens is 274 g/mol. The van der Waals surface area contributed by atoms with Crippen molar-refractivity contribution >= 4 is 23.0 Å². The monoisotopic (exact) mass is 287 g/mol. The number of aromatic nitrogens is 1. The highest BCUT2D eigenvalue weighted by atomic mass is 16.6. The molecule has 0 aliphatic heterocycles. The predicted molar refractivity (Wildman–Crippen MR) is 77.8 cm³/mol. The Kier molecular flexibility index (Phi) is 4.10. The molecule has 1 aromatic heterocycles. The maximum Gasteiger partial charge on any atom is 0.294 e. The summed E-state index contributed by atoms with van der Waals surface area (Å²) in [6.07, 6.45) is 3.12. The number of nitrogens with one attached hydrogen (secondary N) is 2. The maximum atomic E-state index is 12.1. The molecule has 2 aromatic rings. The number of hydrogen-bond acceptors (Lipinski definition) is 6. The summed E-state index contributed by atoms with van der Waals surface area (Å²) in [5, 5.41) is 13.6. The van der Waals surface area contributed by atoms with Crippen molar-refractivity contribution in [2.24, 2.45) is 5.84 Å². The molecule has 0 fully saturated rings. The lowest BCUT2D eigenvalue weighted by atomic mass is 10.1. The molecule has 1 heterocycles. The number of nitrogens with zero attached hydrogens (tertiary/aromatic N) is 2. The van der Waals surface area contributed by atoms with Gasteiger partial charge in [0.05, 0.1) is 16.8 Å². The van der Waals surface area contributed by atoms with Crippen molar-refractivity contribution < 1.29 is 9.72 Å². The van der Waals surface area contributed by atoms with E-state index in [1.54, 1.807) is 12.3 Å². The molecular formula is C13H13N5O3. The van der Waals surface area contributed by atoms with Crippen molar-refractivity contribution in [3.63, 3.8) is 0 Å². The molecule has 8 heteroatoms. The predicted octanol–water partition coefficient (Wildman–Crippen LogP) is 1.84. The van der Waals surface area contributed by atoms with Crippen LogP contribution in [0.3, 0.4) is 0 Å². The molecule has 0 atom stereocenters. The molecule has 0 aliphatic carbocycles. The van der Waals surface area contributed by atoms with E-state index in [-0.39, 0.29) is 16.9 Å². The van der Waals surface area contributed by atoms with E-state index >= 15 is 0 Å². The summed E-state index contributed by atoms with van der Waals surface area (Å²) >= 11 is 0. The van der Waals surface area contributed by atoms with Gasteiger partial charge < -0.3 is 10.7 Å². The molecule has 4 N–H and O–H groups in total. The van der Waals surface area contributed by atoms with Crippen LogP contribution >= 0.6 is 0 Å². The highest BCUT2D eigenvalue weighted by Crippen LogP contribution is 2.25. The quantitative estimate of drug-likeness (QED) is 0.448. The van der Waals surface area contributed by atoms with Crippen LogP contribution < -0.4 is 16.6 Å². The molecule has 0 spiro atoms. The van der Waals surface area contributed by atoms with Crippen LogP contribution in [-0.4, -0.2) is 15.8 Å². The first-order valence-corrected chi connectivity index (χ1v) is 6.00. The van der Waals surface area contributed by atoms with Gasteiger partial charge in [0, 0.05) is 17.8 Å². The van der Waals surface area contributed by atoms with Gasteiger partial charge in [-0.3, -0.25) is 25.7 Å². The second-order valence-corrected chi connectivity index (χ2v) is 4.28. The van der Waals surface area contributed by atoms with Crippen molar-refractivity contribution in [1.29, 1.82) is 0 Å². The van der Waals surface area contributed by atoms with Gasteiger partial charge in [0.2, 0.25) is 0 Å². The Labute approximate surface area is 120 Å². The van der Waals surface area contributed by atoms with Gasteiger partial charge >= 0.3 is 0 Å². The molecule has 108 valence electrons. The summed E-state index contributed by atoms with van der Waals surface area (Å²) in [4.78, 5) is 26.4. The first kappa shape index (κ1) is 14.4. The van der Waals surface area contributed by atoms with Crippen molar-refractivity contribution in [1.82, 2.24) is 4.98 Å². The molecule has 2 rings (SSSR count). The molecule has 0 radical (unpaired) electrons. The van der Waals surface area contributed by atoms with Gasteiger partial charge in [-0.25, -0.2) is 0 Å². The van der Waals surface area contributed by atoms with Gasteiger partial charge in [-0.2, -0.15) is 0 Å². The van der Waals surface area contributed by atoms with Crippen LogP contribution in [0.5, 0.6) is 0 Å². The van der Waals surface area contributed by atoms with E-state index in [2.05, 4.69) is 15.7 Å². The third-order valence-electron chi connectivity index (χ3n) is 2.90. The van der Waals surface area contributed by atoms with E-state index in [0.717, 1.165) is 11.6 Å². The van der Waals surface area contributed by atoms with Crippen LogP contribution in [0.25, 0.3) is 0 Å². The molecule has 0 aliphatic rings. The lowest BCUT2D eigenvalue weighted by Crippen LogP contribution is -2.14. The molecule has 1 aromatic carbocycles. The number of nitro groups is 1. The zero-order valence-electron chi connectivity index (χ0n) is 11.2. The van der Waals surface area contributed by atoms with Crippen LogP contribution in [0.2, 0.25) is 0 Å². The number of aryl methyl sites for hydroxylation is 1. The first-order valence-electron chi connectivity index (χ1n) is 6.00. The molecule has 0 saturated carbocycles. The summed E-state index contributed by atoms with van der Waals surface area (Å²) in [6.45, 7) is 1.82. The van der Waals surface area contributed by atoms with Crippen LogP contribution in [0, 0.1) is 17.0 Å². The summed E-state index contributed by atoms with van der Waals surface area (Å²) in [7, 11) is 0. The molecule has 1 amide bonds. The normalized spacial score (nSPS) is 10.0. The number of carbonyl (C=O) groups is 1. The van der Waals surface area contributed by atoms with Gasteiger partial charge in [-0.15, -0.1) is 0 Å². The Balaban J connectivity index is 2.30. The summed E-state index contributed by atoms with van der Waals surface area (Å²) in [5.41, 5.74) is 3.63. The zero-order valence-corrected chi connectivity index (χ0v) is 11.2. The lowest BCUT2D eigenvalue weighted by Gasteiger charge is -2.08. The van der Waals surface area contributed by atoms with Gasteiger partial charge in [-0.05, 0) is 30.7 Å². The minimum absolute atomic E-state index is 0.133. The molecule has 8 nitrogen and oxygen atoms in total. The number of amides is 1. The molecule has 0 bridgehead atoms. The number of hydrazine groups is 1. The lowest BCUT2D eigenvalue weighted by molar-refractivity contribution is -0.384. The van der Waals surface area contributed by atoms with Crippen LogP contribution in [0.15, 0.2) is 36.7 Å². The largest absolute Gasteiger partial charge is 0.320 e. The molecule has 0 saturated heterocycles. The maximum absolute atomic E-state index is 12.1. The Morgan fingerprint density at radius 1 is 1.33 bits per heavy atom. The van der Waals surface area contributed by atoms with Crippen LogP contribution in [0.4, 0.5) is 17.1 Å². The van der Waals surface area contributed by atoms with Gasteiger partial charge in [-0.1, -0.05) is 0 Å². The number of rotatable bonds is 4. The average molecular weight is 287 g/mol. The van der Waals surface area contributed by atoms with Crippen molar-refractivity contribution in [2.45, 2.75) is 6.92 Å². The van der Waals surface area contributed by atoms with Crippen LogP contribution in [-0.2, 0) is 0 Å². The number of anilines is 2. The third-order valence-corrected chi connectivity index (χ3v) is 2.90. The minimum atomic E-state index is -0.610. The van der Waals surface area contributed by atoms with Crippen molar-refractivity contribution in [2.75, 3.05) is 10.7 Å². The Bertz CT molecular complexity index is 702. The van der Waals surface area contributed by atoms with Gasteiger partial charge in [0.1, 0.15) is 5.69 Å². The van der Waals surface area contributed by atoms with E-state index in [1.165, 1.54) is 18.3 Å². The Morgan fingerprint density at radius 3 is 2.71 bits per heavy atom. The Hall–Kier alpha value is -3.00. The second-order valence-electron chi connectivity index (χ2n) is 4.28. The second kappa shape index (κ2) is 5.97. The number of pyridine rings is 1. The number of nitrogens with two attached hydrogens (primary N) is 1. The zero-order chi connectivity index (χ0) is 15.4. The fourth-order valence-corrected chi connectivity index (χ4v) is 1.74. The van der Waals surface area contributed by atoms with Crippen LogP contribution in [0.1, 0.15) is 15.9 Å². The highest BCUT2D eigenvalue weighted by molar-refractivity contribution is 6.05. The molecule has 21 heavy (non-hydrogen) atoms. The Morgan fingerprint density at radius 2 is 2.10 bits per heavy atom. The van der Waals surface area contributed by atoms with E-state index in [0.29, 0.717) is 5.69 Å². The van der Waals surface area contributed by atoms with E-state index < -0.39 is 10.8 Å². The summed E-state index contributed by atoms with van der Waals surface area (Å²) in [5.74, 6) is 4.73. The van der Waals surface area contributed by atoms with E-state index in [4.69, 9.17) is 5.84 Å². The van der Waals surface area contributed by atoms with E-state index in [9.17, 15) is 14.9 Å². The fourth-order valence-electron chi connectivity index (χ4n) is 1.74. The number of carbonyl (C=O) groups excluding carboxylic acids is 1. The summed E-state index contributed by atoms with van der Waals surface area (Å²) < 4.78 is 0. The summed E-state index contributed by atoms with van der Waals surface area (Å²) in [6, 6.07) is 5.74. The minimum Gasteiger partial charge on any atom is -0.320 e. The number of nitrogen functional groups attached to an aromatic ring is 1. The van der Waals surface area contributed by atoms with Gasteiger partial charge in [0.25, 0.3) is 11.6 Å². The van der Waals surface area contributed by atoms with Crippen molar-refractivity contribution in [3.05, 3.63) is 57.9 Å². The topological polar surface area (TPSA) is 123 Å². The number of nitro benzene ring substituents is 1. The first-order chi connectivity index (χ1) is 10.0. The standard InChI is InChI=1S/C13H13N5O3/c1-8-4-5-15-7-11(8)16-13(19)9-2-3-10(17-14)12(6-9)18(20)21/h2-7,17H,14H2,1H3,(H,16,19). The van der Waals surface area contributed by atoms with Crippen molar-refractivity contribution in [3.8, 4) is 0 Å². The van der Waals surface area contributed by atoms with Gasteiger partial charge in [0.15, 0.2) is 0 Å². The van der Waals surface area contributed by atoms with E-state index in [1.807, 2.05) is 6.92 Å². The number of hydrogen-bond donors (Lipinski definition) is 3. The SMILES string of the molecule is Cc1ccncc1NC(=O)c1ccc(NN)c([N+](=O)[O-])c1. The smallest absolute Gasteiger partial charge is 0.294 e. The number of benzene rings is 1. The average Bonchev–Trinajstić information content (AvgIpc) is 2.48. The molecule has 0 unspecified atom stereocenters. The third kappa shape index (κ3) is 3.12.